The third-order valence-corrected chi connectivity index (χ3v) is 4.75. The topological polar surface area (TPSA) is 38.5 Å². The van der Waals surface area contributed by atoms with Gasteiger partial charge in [0.15, 0.2) is 0 Å². The van der Waals surface area contributed by atoms with Gasteiger partial charge in [0, 0.05) is 19.7 Å². The first-order valence-electron chi connectivity index (χ1n) is 7.07. The lowest BCUT2D eigenvalue weighted by molar-refractivity contribution is 0.115. The molecule has 112 valence electrons. The number of nitrogens with zero attached hydrogens (tertiary/aromatic N) is 1. The Morgan fingerprint density at radius 2 is 2.15 bits per heavy atom. The van der Waals surface area contributed by atoms with E-state index < -0.39 is 0 Å². The van der Waals surface area contributed by atoms with Crippen LogP contribution in [-0.4, -0.2) is 37.7 Å². The van der Waals surface area contributed by atoms with Gasteiger partial charge < -0.3 is 10.5 Å². The van der Waals surface area contributed by atoms with Crippen molar-refractivity contribution in [1.29, 1.82) is 0 Å². The molecule has 2 unspecified atom stereocenters. The van der Waals surface area contributed by atoms with E-state index in [9.17, 15) is 0 Å². The van der Waals surface area contributed by atoms with Crippen molar-refractivity contribution < 1.29 is 4.74 Å². The number of halogens is 2. The SMILES string of the molecule is COCCN1CCCCC(N)C1c1cccc(Cl)c1Cl. The Morgan fingerprint density at radius 3 is 2.90 bits per heavy atom. The number of hydrogen-bond acceptors (Lipinski definition) is 3. The molecule has 3 nitrogen and oxygen atoms in total. The van der Waals surface area contributed by atoms with Crippen molar-refractivity contribution in [2.75, 3.05) is 26.8 Å². The Kier molecular flexibility index (Phi) is 6.12. The van der Waals surface area contributed by atoms with Crippen molar-refractivity contribution in [2.45, 2.75) is 31.3 Å². The molecule has 0 bridgehead atoms. The summed E-state index contributed by atoms with van der Waals surface area (Å²) in [5.74, 6) is 0. The van der Waals surface area contributed by atoms with Crippen molar-refractivity contribution in [1.82, 2.24) is 4.90 Å². The van der Waals surface area contributed by atoms with E-state index in [4.69, 9.17) is 33.7 Å². The summed E-state index contributed by atoms with van der Waals surface area (Å²) < 4.78 is 5.22. The van der Waals surface area contributed by atoms with Crippen molar-refractivity contribution in [2.24, 2.45) is 5.73 Å². The molecule has 1 fully saturated rings. The first kappa shape index (κ1) is 16.1. The summed E-state index contributed by atoms with van der Waals surface area (Å²) in [4.78, 5) is 2.37. The summed E-state index contributed by atoms with van der Waals surface area (Å²) in [6.45, 7) is 2.57. The highest BCUT2D eigenvalue weighted by molar-refractivity contribution is 6.42. The molecule has 1 aromatic rings. The predicted octanol–water partition coefficient (Wildman–Crippen LogP) is 3.49. The fourth-order valence-corrected chi connectivity index (χ4v) is 3.32. The van der Waals surface area contributed by atoms with E-state index >= 15 is 0 Å². The minimum atomic E-state index is 0.0744. The van der Waals surface area contributed by atoms with Crippen LogP contribution in [-0.2, 0) is 4.74 Å². The van der Waals surface area contributed by atoms with Crippen LogP contribution < -0.4 is 5.73 Å². The smallest absolute Gasteiger partial charge is 0.0640 e. The normalized spacial score (nSPS) is 24.6. The molecule has 0 radical (unpaired) electrons. The molecule has 1 aliphatic rings. The van der Waals surface area contributed by atoms with E-state index in [1.807, 2.05) is 18.2 Å². The summed E-state index contributed by atoms with van der Waals surface area (Å²) in [5.41, 5.74) is 7.44. The zero-order valence-electron chi connectivity index (χ0n) is 11.8. The molecule has 2 rings (SSSR count). The average molecular weight is 317 g/mol. The van der Waals surface area contributed by atoms with Crippen molar-refractivity contribution >= 4 is 23.2 Å². The van der Waals surface area contributed by atoms with Gasteiger partial charge in [-0.3, -0.25) is 4.90 Å². The Hall–Kier alpha value is -0.320. The molecule has 0 aliphatic carbocycles. The van der Waals surface area contributed by atoms with Crippen LogP contribution in [0.3, 0.4) is 0 Å². The van der Waals surface area contributed by atoms with Gasteiger partial charge in [0.05, 0.1) is 22.7 Å². The van der Waals surface area contributed by atoms with Crippen LogP contribution in [0.25, 0.3) is 0 Å². The fraction of sp³-hybridized carbons (Fsp3) is 0.600. The van der Waals surface area contributed by atoms with Crippen LogP contribution in [0.15, 0.2) is 18.2 Å². The summed E-state index contributed by atoms with van der Waals surface area (Å²) in [7, 11) is 1.72. The lowest BCUT2D eigenvalue weighted by Crippen LogP contribution is -2.41. The van der Waals surface area contributed by atoms with Crippen LogP contribution >= 0.6 is 23.2 Å². The second-order valence-electron chi connectivity index (χ2n) is 5.28. The van der Waals surface area contributed by atoms with Gasteiger partial charge in [-0.15, -0.1) is 0 Å². The average Bonchev–Trinajstić information content (AvgIpc) is 2.62. The third kappa shape index (κ3) is 3.66. The Balaban J connectivity index is 2.32. The lowest BCUT2D eigenvalue weighted by Gasteiger charge is -2.34. The monoisotopic (exact) mass is 316 g/mol. The highest BCUT2D eigenvalue weighted by Crippen LogP contribution is 2.36. The first-order chi connectivity index (χ1) is 9.65. The summed E-state index contributed by atoms with van der Waals surface area (Å²) in [5, 5.41) is 1.21. The van der Waals surface area contributed by atoms with Crippen molar-refractivity contribution in [3.8, 4) is 0 Å². The third-order valence-electron chi connectivity index (χ3n) is 3.91. The first-order valence-corrected chi connectivity index (χ1v) is 7.83. The highest BCUT2D eigenvalue weighted by atomic mass is 35.5. The quantitative estimate of drug-likeness (QED) is 0.924. The van der Waals surface area contributed by atoms with E-state index in [2.05, 4.69) is 4.90 Å². The zero-order chi connectivity index (χ0) is 14.5. The molecule has 0 amide bonds. The van der Waals surface area contributed by atoms with E-state index in [-0.39, 0.29) is 12.1 Å². The molecule has 1 aromatic carbocycles. The summed E-state index contributed by atoms with van der Waals surface area (Å²) >= 11 is 12.6. The molecule has 2 atom stereocenters. The second kappa shape index (κ2) is 7.62. The molecule has 1 heterocycles. The fourth-order valence-electron chi connectivity index (χ4n) is 2.90. The van der Waals surface area contributed by atoms with Crippen LogP contribution in [0.1, 0.15) is 30.9 Å². The molecule has 0 spiro atoms. The Bertz CT molecular complexity index is 442. The molecule has 0 aromatic heterocycles. The molecular weight excluding hydrogens is 295 g/mol. The summed E-state index contributed by atoms with van der Waals surface area (Å²) in [6, 6.07) is 5.97. The number of rotatable bonds is 4. The van der Waals surface area contributed by atoms with E-state index in [1.54, 1.807) is 7.11 Å². The molecule has 1 saturated heterocycles. The van der Waals surface area contributed by atoms with Gasteiger partial charge in [-0.05, 0) is 31.0 Å². The number of benzene rings is 1. The maximum absolute atomic E-state index is 6.41. The number of ether oxygens (including phenoxy) is 1. The minimum absolute atomic E-state index is 0.0744. The second-order valence-corrected chi connectivity index (χ2v) is 6.06. The molecule has 5 heteroatoms. The minimum Gasteiger partial charge on any atom is -0.383 e. The maximum Gasteiger partial charge on any atom is 0.0640 e. The van der Waals surface area contributed by atoms with E-state index in [0.717, 1.165) is 37.9 Å². The van der Waals surface area contributed by atoms with Crippen LogP contribution in [0, 0.1) is 0 Å². The molecule has 0 saturated carbocycles. The Labute approximate surface area is 131 Å². The Morgan fingerprint density at radius 1 is 1.35 bits per heavy atom. The van der Waals surface area contributed by atoms with Gasteiger partial charge in [0.1, 0.15) is 0 Å². The van der Waals surface area contributed by atoms with Gasteiger partial charge >= 0.3 is 0 Å². The standard InChI is InChI=1S/C15H22Cl2N2O/c1-20-10-9-19-8-3-2-7-13(18)15(19)11-5-4-6-12(16)14(11)17/h4-6,13,15H,2-3,7-10,18H2,1H3. The van der Waals surface area contributed by atoms with Gasteiger partial charge in [0.25, 0.3) is 0 Å². The van der Waals surface area contributed by atoms with Crippen LogP contribution in [0.4, 0.5) is 0 Å². The maximum atomic E-state index is 6.41. The van der Waals surface area contributed by atoms with E-state index in [0.29, 0.717) is 16.7 Å². The van der Waals surface area contributed by atoms with Gasteiger partial charge in [-0.2, -0.15) is 0 Å². The number of hydrogen-bond donors (Lipinski definition) is 1. The van der Waals surface area contributed by atoms with Gasteiger partial charge in [-0.1, -0.05) is 41.8 Å². The van der Waals surface area contributed by atoms with Crippen LogP contribution in [0.2, 0.25) is 10.0 Å². The van der Waals surface area contributed by atoms with Gasteiger partial charge in [-0.25, -0.2) is 0 Å². The zero-order valence-corrected chi connectivity index (χ0v) is 13.3. The largest absolute Gasteiger partial charge is 0.383 e. The van der Waals surface area contributed by atoms with E-state index in [1.165, 1.54) is 0 Å². The number of methoxy groups -OCH3 is 1. The molecular formula is C15H22Cl2N2O. The van der Waals surface area contributed by atoms with Crippen molar-refractivity contribution in [3.05, 3.63) is 33.8 Å². The van der Waals surface area contributed by atoms with Crippen LogP contribution in [0.5, 0.6) is 0 Å². The van der Waals surface area contributed by atoms with Crippen molar-refractivity contribution in [3.63, 3.8) is 0 Å². The summed E-state index contributed by atoms with van der Waals surface area (Å²) in [6.07, 6.45) is 3.32. The number of likely N-dealkylation sites (tertiary alicyclic amines) is 1. The molecule has 2 N–H and O–H groups in total. The number of nitrogens with two attached hydrogens (primary N) is 1. The molecule has 20 heavy (non-hydrogen) atoms. The lowest BCUT2D eigenvalue weighted by atomic mass is 9.96. The highest BCUT2D eigenvalue weighted by Gasteiger charge is 2.30. The van der Waals surface area contributed by atoms with Gasteiger partial charge in [0.2, 0.25) is 0 Å². The molecule has 1 aliphatic heterocycles. The predicted molar refractivity (Wildman–Crippen MR) is 84.5 cm³/mol.